The highest BCUT2D eigenvalue weighted by molar-refractivity contribution is 7.92. The van der Waals surface area contributed by atoms with E-state index in [0.29, 0.717) is 22.7 Å². The van der Waals surface area contributed by atoms with Crippen LogP contribution in [0.5, 0.6) is 11.5 Å². The number of fused-ring (bicyclic) bond motifs is 3. The third kappa shape index (κ3) is 2.54. The Bertz CT molecular complexity index is 738. The molecule has 0 amide bonds. The van der Waals surface area contributed by atoms with Crippen LogP contribution in [0.25, 0.3) is 11.1 Å². The van der Waals surface area contributed by atoms with Crippen molar-refractivity contribution in [3.63, 3.8) is 0 Å². The molecule has 0 radical (unpaired) electrons. The number of methoxy groups -OCH3 is 2. The monoisotopic (exact) mass is 305 g/mol. The van der Waals surface area contributed by atoms with E-state index in [4.69, 9.17) is 9.47 Å². The number of rotatable bonds is 2. The van der Waals surface area contributed by atoms with Crippen molar-refractivity contribution >= 4 is 15.7 Å². The van der Waals surface area contributed by atoms with Crippen molar-refractivity contribution in [1.29, 1.82) is 0 Å². The Morgan fingerprint density at radius 3 is 2.24 bits per heavy atom. The summed E-state index contributed by atoms with van der Waals surface area (Å²) in [6.45, 7) is 0. The van der Waals surface area contributed by atoms with E-state index in [1.807, 2.05) is 24.3 Å². The molecule has 110 valence electrons. The molecule has 0 saturated heterocycles. The summed E-state index contributed by atoms with van der Waals surface area (Å²) in [4.78, 5) is 0. The molecular formula is C15H15NO4S. The fourth-order valence-corrected chi connectivity index (χ4v) is 3.68. The summed E-state index contributed by atoms with van der Waals surface area (Å²) in [5.74, 6) is 1.16. The fraction of sp³-hybridized carbons (Fsp3) is 0.200. The lowest BCUT2D eigenvalue weighted by atomic mass is 9.98. The largest absolute Gasteiger partial charge is 0.497 e. The minimum absolute atomic E-state index is 0.0868. The molecule has 3 rings (SSSR count). The van der Waals surface area contributed by atoms with E-state index >= 15 is 0 Å². The van der Waals surface area contributed by atoms with Crippen LogP contribution >= 0.6 is 0 Å². The molecule has 0 spiro atoms. The van der Waals surface area contributed by atoms with Crippen LogP contribution in [0.1, 0.15) is 5.56 Å². The molecule has 1 heterocycles. The van der Waals surface area contributed by atoms with Crippen LogP contribution < -0.4 is 14.2 Å². The van der Waals surface area contributed by atoms with Gasteiger partial charge in [0.1, 0.15) is 11.5 Å². The summed E-state index contributed by atoms with van der Waals surface area (Å²) in [5, 5.41) is 0. The van der Waals surface area contributed by atoms with Gasteiger partial charge in [0.05, 0.1) is 25.7 Å². The molecular weight excluding hydrogens is 290 g/mol. The Hall–Kier alpha value is -2.21. The van der Waals surface area contributed by atoms with Crippen LogP contribution in [0.4, 0.5) is 5.69 Å². The molecule has 0 bridgehead atoms. The molecule has 1 N–H and O–H groups in total. The highest BCUT2D eigenvalue weighted by Gasteiger charge is 2.23. The summed E-state index contributed by atoms with van der Waals surface area (Å²) in [5.41, 5.74) is 2.94. The number of ether oxygens (including phenoxy) is 2. The predicted molar refractivity (Wildman–Crippen MR) is 81.2 cm³/mol. The van der Waals surface area contributed by atoms with Gasteiger partial charge in [-0.3, -0.25) is 4.72 Å². The number of hydrogen-bond donors (Lipinski definition) is 1. The molecule has 0 atom stereocenters. The highest BCUT2D eigenvalue weighted by atomic mass is 32.2. The zero-order chi connectivity index (χ0) is 15.0. The Kier molecular flexibility index (Phi) is 3.25. The number of hydrogen-bond acceptors (Lipinski definition) is 4. The van der Waals surface area contributed by atoms with Crippen LogP contribution in [-0.4, -0.2) is 22.6 Å². The SMILES string of the molecule is COc1ccc2c(c1)CS(=O)(=O)Nc1cc(OC)ccc1-2. The van der Waals surface area contributed by atoms with Gasteiger partial charge in [0.15, 0.2) is 0 Å². The molecule has 0 saturated carbocycles. The smallest absolute Gasteiger partial charge is 0.236 e. The average molecular weight is 305 g/mol. The van der Waals surface area contributed by atoms with Crippen LogP contribution in [0.2, 0.25) is 0 Å². The van der Waals surface area contributed by atoms with E-state index in [2.05, 4.69) is 4.72 Å². The highest BCUT2D eigenvalue weighted by Crippen LogP contribution is 2.38. The predicted octanol–water partition coefficient (Wildman–Crippen LogP) is 2.63. The minimum Gasteiger partial charge on any atom is -0.497 e. The maximum absolute atomic E-state index is 12.2. The first kappa shape index (κ1) is 13.8. The lowest BCUT2D eigenvalue weighted by Crippen LogP contribution is -2.13. The molecule has 0 aromatic heterocycles. The molecule has 0 aliphatic carbocycles. The van der Waals surface area contributed by atoms with Gasteiger partial charge in [-0.25, -0.2) is 8.42 Å². The van der Waals surface area contributed by atoms with Gasteiger partial charge in [-0.2, -0.15) is 0 Å². The van der Waals surface area contributed by atoms with E-state index in [1.54, 1.807) is 26.4 Å². The summed E-state index contributed by atoms with van der Waals surface area (Å²) < 4.78 is 37.4. The second-order valence-corrected chi connectivity index (χ2v) is 6.52. The number of nitrogens with one attached hydrogen (secondary N) is 1. The third-order valence-electron chi connectivity index (χ3n) is 3.44. The lowest BCUT2D eigenvalue weighted by molar-refractivity contribution is 0.414. The fourth-order valence-electron chi connectivity index (χ4n) is 2.46. The average Bonchev–Trinajstić information content (AvgIpc) is 2.57. The van der Waals surface area contributed by atoms with Crippen molar-refractivity contribution in [1.82, 2.24) is 0 Å². The van der Waals surface area contributed by atoms with Gasteiger partial charge >= 0.3 is 0 Å². The van der Waals surface area contributed by atoms with Gasteiger partial charge in [0, 0.05) is 11.6 Å². The van der Waals surface area contributed by atoms with Crippen LogP contribution in [0.15, 0.2) is 36.4 Å². The van der Waals surface area contributed by atoms with Gasteiger partial charge in [-0.15, -0.1) is 0 Å². The van der Waals surface area contributed by atoms with Crippen LogP contribution in [-0.2, 0) is 15.8 Å². The van der Waals surface area contributed by atoms with Gasteiger partial charge in [0.2, 0.25) is 10.0 Å². The van der Waals surface area contributed by atoms with Crippen molar-refractivity contribution in [3.05, 3.63) is 42.0 Å². The summed E-state index contributed by atoms with van der Waals surface area (Å²) in [6, 6.07) is 10.8. The second kappa shape index (κ2) is 4.96. The van der Waals surface area contributed by atoms with E-state index in [-0.39, 0.29) is 5.75 Å². The second-order valence-electron chi connectivity index (χ2n) is 4.80. The summed E-state index contributed by atoms with van der Waals surface area (Å²) in [6.07, 6.45) is 0. The maximum atomic E-state index is 12.2. The number of sulfonamides is 1. The van der Waals surface area contributed by atoms with E-state index < -0.39 is 10.0 Å². The Balaban J connectivity index is 2.26. The molecule has 21 heavy (non-hydrogen) atoms. The van der Waals surface area contributed by atoms with Crippen molar-refractivity contribution in [3.8, 4) is 22.6 Å². The molecule has 2 aromatic carbocycles. The van der Waals surface area contributed by atoms with Gasteiger partial charge in [0.25, 0.3) is 0 Å². The molecule has 5 nitrogen and oxygen atoms in total. The lowest BCUT2D eigenvalue weighted by Gasteiger charge is -2.11. The summed E-state index contributed by atoms with van der Waals surface area (Å²) in [7, 11) is -0.350. The minimum atomic E-state index is -3.46. The molecule has 2 aromatic rings. The standard InChI is InChI=1S/C15H15NO4S/c1-19-11-3-5-13-10(7-11)9-21(17,18)16-15-8-12(20-2)4-6-14(13)15/h3-8,16H,9H2,1-2H3. The van der Waals surface area contributed by atoms with E-state index in [1.165, 1.54) is 0 Å². The van der Waals surface area contributed by atoms with Crippen molar-refractivity contribution < 1.29 is 17.9 Å². The quantitative estimate of drug-likeness (QED) is 0.926. The van der Waals surface area contributed by atoms with Crippen molar-refractivity contribution in [2.24, 2.45) is 0 Å². The van der Waals surface area contributed by atoms with Gasteiger partial charge in [-0.05, 0) is 35.4 Å². The van der Waals surface area contributed by atoms with Gasteiger partial charge < -0.3 is 9.47 Å². The molecule has 0 unspecified atom stereocenters. The third-order valence-corrected chi connectivity index (χ3v) is 4.66. The van der Waals surface area contributed by atoms with E-state index in [0.717, 1.165) is 11.1 Å². The first-order chi connectivity index (χ1) is 10.0. The van der Waals surface area contributed by atoms with Crippen LogP contribution in [0.3, 0.4) is 0 Å². The Morgan fingerprint density at radius 1 is 0.952 bits per heavy atom. The molecule has 1 aliphatic rings. The zero-order valence-corrected chi connectivity index (χ0v) is 12.5. The number of benzene rings is 2. The van der Waals surface area contributed by atoms with E-state index in [9.17, 15) is 8.42 Å². The first-order valence-corrected chi connectivity index (χ1v) is 8.03. The van der Waals surface area contributed by atoms with Crippen molar-refractivity contribution in [2.45, 2.75) is 5.75 Å². The normalized spacial score (nSPS) is 15.1. The Morgan fingerprint density at radius 2 is 1.57 bits per heavy atom. The molecule has 0 fully saturated rings. The summed E-state index contributed by atoms with van der Waals surface area (Å²) >= 11 is 0. The first-order valence-electron chi connectivity index (χ1n) is 6.38. The van der Waals surface area contributed by atoms with Crippen LogP contribution in [0, 0.1) is 0 Å². The number of anilines is 1. The molecule has 1 aliphatic heterocycles. The zero-order valence-electron chi connectivity index (χ0n) is 11.7. The molecule has 6 heteroatoms. The van der Waals surface area contributed by atoms with Crippen molar-refractivity contribution in [2.75, 3.05) is 18.9 Å². The maximum Gasteiger partial charge on any atom is 0.236 e. The Labute approximate surface area is 123 Å². The van der Waals surface area contributed by atoms with Gasteiger partial charge in [-0.1, -0.05) is 6.07 Å². The topological polar surface area (TPSA) is 64.6 Å².